The third kappa shape index (κ3) is 8.53. The number of pyridine rings is 1. The van der Waals surface area contributed by atoms with Gasteiger partial charge in [-0.05, 0) is 55.6 Å². The molecule has 8 heteroatoms. The number of rotatable bonds is 10. The van der Waals surface area contributed by atoms with Crippen LogP contribution in [0.2, 0.25) is 0 Å². The number of carbonyl (C=O) groups is 3. The summed E-state index contributed by atoms with van der Waals surface area (Å²) in [5.41, 5.74) is 3.01. The topological polar surface area (TPSA) is 94.6 Å². The maximum absolute atomic E-state index is 13.5. The van der Waals surface area contributed by atoms with Crippen molar-refractivity contribution in [3.05, 3.63) is 59.9 Å². The Kier molecular flexibility index (Phi) is 11.7. The van der Waals surface area contributed by atoms with E-state index < -0.39 is 6.04 Å². The number of nitrogens with zero attached hydrogens (tertiary/aromatic N) is 3. The lowest BCUT2D eigenvalue weighted by molar-refractivity contribution is -0.134. The number of aromatic nitrogens is 1. The summed E-state index contributed by atoms with van der Waals surface area (Å²) in [7, 11) is 3.73. The van der Waals surface area contributed by atoms with Gasteiger partial charge in [-0.3, -0.25) is 9.78 Å². The van der Waals surface area contributed by atoms with Crippen LogP contribution in [0.1, 0.15) is 50.8 Å². The smallest absolute Gasteiger partial charge is 0.250 e. The number of hydrogen-bond acceptors (Lipinski definition) is 7. The normalized spacial score (nSPS) is 15.9. The molecule has 1 amide bonds. The van der Waals surface area contributed by atoms with Gasteiger partial charge < -0.3 is 30.0 Å². The molecule has 8 nitrogen and oxygen atoms in total. The molecule has 1 saturated heterocycles. The Morgan fingerprint density at radius 3 is 2.42 bits per heavy atom. The Balaban J connectivity index is 0.000000558. The molecule has 0 saturated carbocycles. The van der Waals surface area contributed by atoms with E-state index in [0.717, 1.165) is 43.2 Å². The Labute approximate surface area is 215 Å². The van der Waals surface area contributed by atoms with Gasteiger partial charge in [0.2, 0.25) is 5.91 Å². The maximum Gasteiger partial charge on any atom is 0.250 e. The third-order valence-electron chi connectivity index (χ3n) is 6.26. The molecule has 0 bridgehead atoms. The summed E-state index contributed by atoms with van der Waals surface area (Å²) in [4.78, 5) is 42.3. The lowest BCUT2D eigenvalue weighted by atomic mass is 9.87. The minimum Gasteiger partial charge on any atom is -0.359 e. The predicted molar refractivity (Wildman–Crippen MR) is 144 cm³/mol. The van der Waals surface area contributed by atoms with E-state index in [-0.39, 0.29) is 23.9 Å². The highest BCUT2D eigenvalue weighted by atomic mass is 16.2. The summed E-state index contributed by atoms with van der Waals surface area (Å²) in [5.74, 6) is -0.122. The molecule has 0 spiro atoms. The number of hydrogen-bond donors (Lipinski definition) is 2. The Bertz CT molecular complexity index is 938. The maximum atomic E-state index is 13.5. The Morgan fingerprint density at radius 1 is 1.22 bits per heavy atom. The number of nitrogens with one attached hydrogen (secondary N) is 2. The lowest BCUT2D eigenvalue weighted by Crippen LogP contribution is -2.45. The zero-order chi connectivity index (χ0) is 26.6. The van der Waals surface area contributed by atoms with E-state index >= 15 is 0 Å². The minimum absolute atomic E-state index is 0.0591. The summed E-state index contributed by atoms with van der Waals surface area (Å²) in [6.45, 7) is 8.68. The van der Waals surface area contributed by atoms with Gasteiger partial charge in [-0.1, -0.05) is 39.0 Å². The van der Waals surface area contributed by atoms with Crippen LogP contribution < -0.4 is 15.5 Å². The highest BCUT2D eigenvalue weighted by molar-refractivity contribution is 5.88. The van der Waals surface area contributed by atoms with Gasteiger partial charge in [-0.25, -0.2) is 0 Å². The molecule has 1 aliphatic rings. The van der Waals surface area contributed by atoms with E-state index in [1.54, 1.807) is 17.3 Å². The molecule has 3 rings (SSSR count). The van der Waals surface area contributed by atoms with Crippen LogP contribution in [0.25, 0.3) is 0 Å². The van der Waals surface area contributed by atoms with Gasteiger partial charge in [0.25, 0.3) is 0 Å². The van der Waals surface area contributed by atoms with E-state index in [2.05, 4.69) is 48.5 Å². The molecule has 36 heavy (non-hydrogen) atoms. The molecule has 0 aliphatic carbocycles. The molecule has 0 radical (unpaired) electrons. The summed E-state index contributed by atoms with van der Waals surface area (Å²) in [5, 5.41) is 6.07. The SMILES string of the molecule is CNCCN(CC=O)C(=O)C(c1cccnc1)N(C)c1ccc(C(C)(C)C)cc1.O=CC1CCCN1. The predicted octanol–water partition coefficient (Wildman–Crippen LogP) is 2.74. The summed E-state index contributed by atoms with van der Waals surface area (Å²) >= 11 is 0. The quantitative estimate of drug-likeness (QED) is 0.490. The van der Waals surface area contributed by atoms with Crippen LogP contribution in [0, 0.1) is 0 Å². The number of carbonyl (C=O) groups excluding carboxylic acids is 3. The van der Waals surface area contributed by atoms with Crippen LogP contribution in [0.3, 0.4) is 0 Å². The molecule has 196 valence electrons. The standard InChI is InChI=1S/C23H32N4O2.C5H9NO/c1-23(2,3)19-8-10-20(11-9-19)26(5)21(18-7-6-12-25-17-18)22(29)27(15-16-28)14-13-24-4;7-4-5-2-1-3-6-5/h6-12,16-17,21,24H,13-15H2,1-5H3;4-6H,1-3H2. The third-order valence-corrected chi connectivity index (χ3v) is 6.26. The molecule has 2 aromatic rings. The van der Waals surface area contributed by atoms with Crippen molar-refractivity contribution < 1.29 is 14.4 Å². The average molecular weight is 496 g/mol. The number of benzene rings is 1. The molecule has 2 atom stereocenters. The number of aldehydes is 2. The van der Waals surface area contributed by atoms with E-state index in [1.165, 1.54) is 5.56 Å². The molecule has 1 aliphatic heterocycles. The van der Waals surface area contributed by atoms with Crippen molar-refractivity contribution in [3.8, 4) is 0 Å². The second-order valence-corrected chi connectivity index (χ2v) is 9.99. The summed E-state index contributed by atoms with van der Waals surface area (Å²) in [6, 6.07) is 11.6. The fourth-order valence-corrected chi connectivity index (χ4v) is 4.04. The fourth-order valence-electron chi connectivity index (χ4n) is 4.04. The highest BCUT2D eigenvalue weighted by Gasteiger charge is 2.30. The molecular weight excluding hydrogens is 454 g/mol. The molecule has 2 unspecified atom stereocenters. The van der Waals surface area contributed by atoms with Crippen molar-refractivity contribution in [2.75, 3.05) is 45.2 Å². The van der Waals surface area contributed by atoms with Crippen LogP contribution >= 0.6 is 0 Å². The van der Waals surface area contributed by atoms with Crippen molar-refractivity contribution in [3.63, 3.8) is 0 Å². The average Bonchev–Trinajstić information content (AvgIpc) is 3.41. The first-order valence-electron chi connectivity index (χ1n) is 12.5. The highest BCUT2D eigenvalue weighted by Crippen LogP contribution is 2.30. The van der Waals surface area contributed by atoms with E-state index in [4.69, 9.17) is 0 Å². The molecular formula is C28H41N5O3. The van der Waals surface area contributed by atoms with Crippen LogP contribution in [0.4, 0.5) is 5.69 Å². The Hall–Kier alpha value is -3.10. The first kappa shape index (κ1) is 29.1. The zero-order valence-electron chi connectivity index (χ0n) is 22.2. The zero-order valence-corrected chi connectivity index (χ0v) is 22.2. The van der Waals surface area contributed by atoms with E-state index in [0.29, 0.717) is 13.1 Å². The Morgan fingerprint density at radius 2 is 1.94 bits per heavy atom. The largest absolute Gasteiger partial charge is 0.359 e. The van der Waals surface area contributed by atoms with Crippen molar-refractivity contribution in [1.82, 2.24) is 20.5 Å². The van der Waals surface area contributed by atoms with Gasteiger partial charge in [0.05, 0.1) is 12.6 Å². The van der Waals surface area contributed by atoms with Gasteiger partial charge in [-0.2, -0.15) is 0 Å². The van der Waals surface area contributed by atoms with E-state index in [1.807, 2.05) is 43.3 Å². The van der Waals surface area contributed by atoms with Gasteiger partial charge in [-0.15, -0.1) is 0 Å². The summed E-state index contributed by atoms with van der Waals surface area (Å²) < 4.78 is 0. The van der Waals surface area contributed by atoms with Crippen LogP contribution in [0.15, 0.2) is 48.8 Å². The van der Waals surface area contributed by atoms with Crippen LogP contribution in [-0.2, 0) is 19.8 Å². The fraction of sp³-hybridized carbons (Fsp3) is 0.500. The first-order chi connectivity index (χ1) is 17.2. The second-order valence-electron chi connectivity index (χ2n) is 9.99. The first-order valence-corrected chi connectivity index (χ1v) is 12.5. The van der Waals surface area contributed by atoms with Crippen molar-refractivity contribution in [2.45, 2.75) is 51.1 Å². The second kappa shape index (κ2) is 14.5. The number of amides is 1. The monoisotopic (exact) mass is 495 g/mol. The molecule has 2 N–H and O–H groups in total. The van der Waals surface area contributed by atoms with Crippen molar-refractivity contribution >= 4 is 24.2 Å². The lowest BCUT2D eigenvalue weighted by Gasteiger charge is -2.33. The van der Waals surface area contributed by atoms with Crippen molar-refractivity contribution in [2.24, 2.45) is 0 Å². The number of anilines is 1. The molecule has 1 aromatic heterocycles. The molecule has 1 aromatic carbocycles. The van der Waals surface area contributed by atoms with Gasteiger partial charge in [0.15, 0.2) is 0 Å². The van der Waals surface area contributed by atoms with E-state index in [9.17, 15) is 14.4 Å². The van der Waals surface area contributed by atoms with Gasteiger partial charge >= 0.3 is 0 Å². The molecule has 2 heterocycles. The molecule has 1 fully saturated rings. The minimum atomic E-state index is -0.569. The van der Waals surface area contributed by atoms with Gasteiger partial charge in [0.1, 0.15) is 18.6 Å². The number of likely N-dealkylation sites (N-methyl/N-ethyl adjacent to an activating group) is 2. The van der Waals surface area contributed by atoms with Crippen LogP contribution in [0.5, 0.6) is 0 Å². The van der Waals surface area contributed by atoms with Gasteiger partial charge in [0, 0.05) is 43.8 Å². The summed E-state index contributed by atoms with van der Waals surface area (Å²) in [6.07, 6.45) is 7.33. The van der Waals surface area contributed by atoms with Crippen molar-refractivity contribution in [1.29, 1.82) is 0 Å². The van der Waals surface area contributed by atoms with Crippen LogP contribution in [-0.4, -0.2) is 74.7 Å².